The van der Waals surface area contributed by atoms with Gasteiger partial charge < -0.3 is 5.32 Å². The molecule has 126 valence electrons. The molecule has 0 aliphatic rings. The van der Waals surface area contributed by atoms with Gasteiger partial charge in [-0.15, -0.1) is 5.10 Å². The molecule has 0 saturated carbocycles. The van der Waals surface area contributed by atoms with Gasteiger partial charge in [0.15, 0.2) is 5.65 Å². The second-order valence-corrected chi connectivity index (χ2v) is 5.45. The van der Waals surface area contributed by atoms with Crippen molar-refractivity contribution in [1.29, 1.82) is 0 Å². The van der Waals surface area contributed by atoms with E-state index in [1.807, 2.05) is 30.3 Å². The third kappa shape index (κ3) is 3.21. The Kier molecular flexibility index (Phi) is 3.88. The summed E-state index contributed by atoms with van der Waals surface area (Å²) in [5.74, 6) is 0.263. The quantitative estimate of drug-likeness (QED) is 0.601. The van der Waals surface area contributed by atoms with Gasteiger partial charge in [0.05, 0.1) is 24.8 Å². The van der Waals surface area contributed by atoms with Gasteiger partial charge >= 0.3 is 0 Å². The highest BCUT2D eigenvalue weighted by Gasteiger charge is 2.10. The normalized spacial score (nSPS) is 11.5. The van der Waals surface area contributed by atoms with Gasteiger partial charge in [-0.05, 0) is 23.8 Å². The molecule has 0 fully saturated rings. The molecule has 0 radical (unpaired) electrons. The molecule has 0 amide bonds. The van der Waals surface area contributed by atoms with Crippen molar-refractivity contribution in [2.24, 2.45) is 0 Å². The molecule has 0 aliphatic carbocycles. The van der Waals surface area contributed by atoms with Crippen molar-refractivity contribution in [1.82, 2.24) is 29.9 Å². The number of nitrogens with zero attached hydrogens (tertiary/aromatic N) is 6. The summed E-state index contributed by atoms with van der Waals surface area (Å²) in [6.07, 6.45) is 0.647. The van der Waals surface area contributed by atoms with Crippen LogP contribution in [0.4, 0.5) is 14.6 Å². The van der Waals surface area contributed by atoms with Crippen molar-refractivity contribution in [3.05, 3.63) is 48.3 Å². The van der Waals surface area contributed by atoms with Gasteiger partial charge in [-0.25, -0.2) is 23.4 Å². The van der Waals surface area contributed by atoms with E-state index in [9.17, 15) is 8.78 Å². The van der Waals surface area contributed by atoms with Crippen LogP contribution in [0.15, 0.2) is 42.7 Å². The average Bonchev–Trinajstić information content (AvgIpc) is 3.02. The predicted molar refractivity (Wildman–Crippen MR) is 88.5 cm³/mol. The number of halogens is 2. The number of aromatic nitrogens is 6. The van der Waals surface area contributed by atoms with Crippen LogP contribution in [0.25, 0.3) is 22.2 Å². The summed E-state index contributed by atoms with van der Waals surface area (Å²) in [6, 6.07) is 9.77. The molecule has 1 aromatic carbocycles. The maximum absolute atomic E-state index is 12.3. The van der Waals surface area contributed by atoms with E-state index in [2.05, 4.69) is 30.6 Å². The largest absolute Gasteiger partial charge is 0.363 e. The Bertz CT molecular complexity index is 1030. The van der Waals surface area contributed by atoms with Gasteiger partial charge in [0.1, 0.15) is 5.82 Å². The van der Waals surface area contributed by atoms with Gasteiger partial charge in [0.25, 0.3) is 6.43 Å². The van der Waals surface area contributed by atoms with Crippen LogP contribution in [0.3, 0.4) is 0 Å². The fourth-order valence-corrected chi connectivity index (χ4v) is 2.53. The number of alkyl halides is 2. The van der Waals surface area contributed by atoms with Crippen LogP contribution in [0.5, 0.6) is 0 Å². The molecule has 9 heteroatoms. The highest BCUT2D eigenvalue weighted by Crippen LogP contribution is 2.16. The van der Waals surface area contributed by atoms with E-state index in [4.69, 9.17) is 0 Å². The van der Waals surface area contributed by atoms with Crippen LogP contribution >= 0.6 is 0 Å². The van der Waals surface area contributed by atoms with E-state index in [1.54, 1.807) is 10.9 Å². The molecule has 0 saturated heterocycles. The average molecular weight is 341 g/mol. The third-order valence-electron chi connectivity index (χ3n) is 3.66. The van der Waals surface area contributed by atoms with Crippen LogP contribution in [-0.2, 0) is 6.54 Å². The number of nitrogens with one attached hydrogen (secondary N) is 1. The van der Waals surface area contributed by atoms with Gasteiger partial charge in [-0.2, -0.15) is 0 Å². The summed E-state index contributed by atoms with van der Waals surface area (Å²) < 4.78 is 26.2. The maximum Gasteiger partial charge on any atom is 0.255 e. The number of hydrogen-bond donors (Lipinski definition) is 1. The summed E-state index contributed by atoms with van der Waals surface area (Å²) in [7, 11) is 0. The van der Waals surface area contributed by atoms with E-state index in [-0.39, 0.29) is 5.82 Å². The Labute approximate surface area is 140 Å². The highest BCUT2D eigenvalue weighted by atomic mass is 19.3. The summed E-state index contributed by atoms with van der Waals surface area (Å²) >= 11 is 0. The summed E-state index contributed by atoms with van der Waals surface area (Å²) in [4.78, 5) is 12.7. The molecule has 0 bridgehead atoms. The predicted octanol–water partition coefficient (Wildman–Crippen LogP) is 2.49. The summed E-state index contributed by atoms with van der Waals surface area (Å²) in [6.45, 7) is -0.0479. The first-order valence-electron chi connectivity index (χ1n) is 7.61. The number of rotatable bonds is 5. The van der Waals surface area contributed by atoms with Crippen molar-refractivity contribution in [2.45, 2.75) is 13.0 Å². The lowest BCUT2D eigenvalue weighted by molar-refractivity contribution is 0.163. The number of benzene rings is 1. The highest BCUT2D eigenvalue weighted by molar-refractivity contribution is 5.79. The first kappa shape index (κ1) is 15.3. The van der Waals surface area contributed by atoms with Crippen LogP contribution < -0.4 is 5.32 Å². The van der Waals surface area contributed by atoms with Crippen LogP contribution in [-0.4, -0.2) is 42.9 Å². The van der Waals surface area contributed by atoms with Crippen molar-refractivity contribution in [3.63, 3.8) is 0 Å². The van der Waals surface area contributed by atoms with Crippen molar-refractivity contribution in [3.8, 4) is 0 Å². The first-order chi connectivity index (χ1) is 12.2. The molecule has 4 aromatic rings. The minimum Gasteiger partial charge on any atom is -0.363 e. The Balaban J connectivity index is 1.64. The Morgan fingerprint density at radius 2 is 2.08 bits per heavy atom. The Morgan fingerprint density at radius 1 is 1.16 bits per heavy atom. The SMILES string of the molecule is FC(F)CNc1cnc2nnn(Cc3ccc4ncccc4c3)c2n1. The first-order valence-corrected chi connectivity index (χ1v) is 7.61. The molecule has 7 nitrogen and oxygen atoms in total. The maximum atomic E-state index is 12.3. The van der Waals surface area contributed by atoms with Crippen molar-refractivity contribution < 1.29 is 8.78 Å². The molecule has 0 spiro atoms. The summed E-state index contributed by atoms with van der Waals surface area (Å²) in [5, 5.41) is 11.6. The monoisotopic (exact) mass is 341 g/mol. The zero-order chi connectivity index (χ0) is 17.2. The zero-order valence-corrected chi connectivity index (χ0v) is 13.0. The Hall–Kier alpha value is -3.23. The van der Waals surface area contributed by atoms with Crippen LogP contribution in [0.2, 0.25) is 0 Å². The standard InChI is InChI=1S/C16H13F2N7/c17-13(18)7-20-14-8-21-15-16(22-14)25(24-23-15)9-10-3-4-12-11(6-10)2-1-5-19-12/h1-6,8,13H,7,9H2,(H,20,22). The second-order valence-electron chi connectivity index (χ2n) is 5.45. The fraction of sp³-hybridized carbons (Fsp3) is 0.188. The van der Waals surface area contributed by atoms with Gasteiger partial charge in [0, 0.05) is 11.6 Å². The third-order valence-corrected chi connectivity index (χ3v) is 3.66. The number of fused-ring (bicyclic) bond motifs is 2. The zero-order valence-electron chi connectivity index (χ0n) is 13.0. The van der Waals surface area contributed by atoms with E-state index in [1.165, 1.54) is 6.20 Å². The van der Waals surface area contributed by atoms with Gasteiger partial charge in [-0.3, -0.25) is 4.98 Å². The molecule has 0 unspecified atom stereocenters. The Morgan fingerprint density at radius 3 is 2.96 bits per heavy atom. The minimum absolute atomic E-state index is 0.263. The lowest BCUT2D eigenvalue weighted by Gasteiger charge is -2.06. The van der Waals surface area contributed by atoms with Crippen LogP contribution in [0.1, 0.15) is 5.56 Å². The molecule has 0 atom stereocenters. The van der Waals surface area contributed by atoms with Crippen molar-refractivity contribution >= 4 is 28.0 Å². The van der Waals surface area contributed by atoms with E-state index in [0.29, 0.717) is 17.8 Å². The fourth-order valence-electron chi connectivity index (χ4n) is 2.53. The molecular formula is C16H13F2N7. The lowest BCUT2D eigenvalue weighted by Crippen LogP contribution is -2.12. The molecule has 0 aliphatic heterocycles. The number of hydrogen-bond acceptors (Lipinski definition) is 6. The number of anilines is 1. The second kappa shape index (κ2) is 6.34. The molecule has 3 aromatic heterocycles. The van der Waals surface area contributed by atoms with E-state index in [0.717, 1.165) is 16.5 Å². The van der Waals surface area contributed by atoms with E-state index >= 15 is 0 Å². The van der Waals surface area contributed by atoms with Crippen LogP contribution in [0, 0.1) is 0 Å². The molecule has 1 N–H and O–H groups in total. The molecular weight excluding hydrogens is 328 g/mol. The van der Waals surface area contributed by atoms with Gasteiger partial charge in [-0.1, -0.05) is 17.3 Å². The molecule has 4 rings (SSSR count). The van der Waals surface area contributed by atoms with Gasteiger partial charge in [0.2, 0.25) is 5.65 Å². The number of pyridine rings is 1. The smallest absolute Gasteiger partial charge is 0.255 e. The van der Waals surface area contributed by atoms with Crippen molar-refractivity contribution in [2.75, 3.05) is 11.9 Å². The summed E-state index contributed by atoms with van der Waals surface area (Å²) in [5.41, 5.74) is 2.71. The molecule has 25 heavy (non-hydrogen) atoms. The molecule has 3 heterocycles. The van der Waals surface area contributed by atoms with E-state index < -0.39 is 13.0 Å². The minimum atomic E-state index is -2.47. The lowest BCUT2D eigenvalue weighted by atomic mass is 10.1. The topological polar surface area (TPSA) is 81.4 Å².